The van der Waals surface area contributed by atoms with Gasteiger partial charge in [0.15, 0.2) is 0 Å². The molecule has 0 aliphatic heterocycles. The molecule has 0 aliphatic carbocycles. The lowest BCUT2D eigenvalue weighted by Crippen LogP contribution is -2.83. The molecule has 0 amide bonds. The minimum absolute atomic E-state index is 0.0872. The first kappa shape index (κ1) is 34.5. The van der Waals surface area contributed by atoms with Crippen molar-refractivity contribution in [3.8, 4) is 0 Å². The number of rotatable bonds is 23. The molecule has 0 saturated heterocycles. The van der Waals surface area contributed by atoms with Crippen LogP contribution < -0.4 is 0 Å². The quantitative estimate of drug-likeness (QED) is 0.173. The van der Waals surface area contributed by atoms with E-state index in [1.807, 2.05) is 62.3 Å². The predicted molar refractivity (Wildman–Crippen MR) is 140 cm³/mol. The van der Waals surface area contributed by atoms with E-state index in [2.05, 4.69) is 0 Å². The normalized spacial score (nSPS) is 13.7. The zero-order valence-electron chi connectivity index (χ0n) is 23.2. The fourth-order valence-corrected chi connectivity index (χ4v) is 21.3. The fraction of sp³-hybridized carbons (Fsp3) is 1.00. The second-order valence-electron chi connectivity index (χ2n) is 6.90. The van der Waals surface area contributed by atoms with Crippen molar-refractivity contribution in [2.24, 2.45) is 0 Å². The molecule has 0 atom stereocenters. The highest BCUT2D eigenvalue weighted by Gasteiger charge is 2.90. The molecule has 0 aromatic carbocycles. The Morgan fingerprint density at radius 2 is 0.588 bits per heavy atom. The van der Waals surface area contributed by atoms with Gasteiger partial charge in [-0.3, -0.25) is 0 Å². The van der Waals surface area contributed by atoms with Gasteiger partial charge in [-0.1, -0.05) is 0 Å². The van der Waals surface area contributed by atoms with Gasteiger partial charge in [-0.15, -0.1) is 0 Å². The Morgan fingerprint density at radius 1 is 0.412 bits per heavy atom. The number of hydrogen-bond donors (Lipinski definition) is 0. The maximum Gasteiger partial charge on any atom is 0.519 e. The maximum atomic E-state index is 6.54. The fourth-order valence-electron chi connectivity index (χ4n) is 4.24. The molecule has 0 aromatic rings. The first-order chi connectivity index (χ1) is 16.4. The third-order valence-electron chi connectivity index (χ3n) is 4.94. The standard InChI is InChI=1S/C20H50O10Si4/c1-10-22-32(23-11-2,24-12-3)20(19-21-31,33(25-13-4,26-14-5)27-15-6)34(28-16-7,29-17-8)30-18-9/h10-19H2,1-9,31H3. The van der Waals surface area contributed by atoms with E-state index in [4.69, 9.17) is 44.3 Å². The predicted octanol–water partition coefficient (Wildman–Crippen LogP) is 2.25. The summed E-state index contributed by atoms with van der Waals surface area (Å²) in [6.45, 7) is 20.2. The molecule has 0 heterocycles. The van der Waals surface area contributed by atoms with Crippen LogP contribution in [-0.4, -0.2) is 103 Å². The highest BCUT2D eigenvalue weighted by molar-refractivity contribution is 7.02. The van der Waals surface area contributed by atoms with Gasteiger partial charge in [0, 0.05) is 59.5 Å². The summed E-state index contributed by atoms with van der Waals surface area (Å²) in [5.74, 6) is 0. The molecule has 14 heteroatoms. The summed E-state index contributed by atoms with van der Waals surface area (Å²) in [5, 5.41) is 0. The van der Waals surface area contributed by atoms with E-state index < -0.39 is 30.7 Å². The topological polar surface area (TPSA) is 92.3 Å². The van der Waals surface area contributed by atoms with Crippen LogP contribution in [0.15, 0.2) is 0 Å². The molecule has 0 saturated carbocycles. The lowest BCUT2D eigenvalue weighted by atomic mass is 10.8. The van der Waals surface area contributed by atoms with Gasteiger partial charge in [-0.05, 0) is 62.3 Å². The molecule has 0 radical (unpaired) electrons. The lowest BCUT2D eigenvalue weighted by Gasteiger charge is -2.55. The highest BCUT2D eigenvalue weighted by Crippen LogP contribution is 2.57. The van der Waals surface area contributed by atoms with Gasteiger partial charge in [0.05, 0.1) is 6.61 Å². The number of hydrogen-bond acceptors (Lipinski definition) is 10. The molecule has 0 aromatic heterocycles. The molecule has 0 bridgehead atoms. The van der Waals surface area contributed by atoms with Crippen LogP contribution in [0.5, 0.6) is 0 Å². The Morgan fingerprint density at radius 3 is 0.706 bits per heavy atom. The van der Waals surface area contributed by atoms with Crippen molar-refractivity contribution in [2.75, 3.05) is 66.1 Å². The van der Waals surface area contributed by atoms with Crippen LogP contribution in [0.3, 0.4) is 0 Å². The molecule has 10 nitrogen and oxygen atoms in total. The third kappa shape index (κ3) is 7.06. The van der Waals surface area contributed by atoms with Gasteiger partial charge in [0.1, 0.15) is 10.5 Å². The second-order valence-corrected chi connectivity index (χ2v) is 17.5. The summed E-state index contributed by atoms with van der Waals surface area (Å²) < 4.78 is 63.6. The molecule has 0 rings (SSSR count). The second kappa shape index (κ2) is 17.8. The van der Waals surface area contributed by atoms with Crippen LogP contribution in [0.25, 0.3) is 0 Å². The first-order valence-corrected chi connectivity index (χ1v) is 18.6. The maximum absolute atomic E-state index is 6.54. The van der Waals surface area contributed by atoms with Crippen LogP contribution in [-0.2, 0) is 44.3 Å². The van der Waals surface area contributed by atoms with Crippen LogP contribution in [0.1, 0.15) is 62.3 Å². The van der Waals surface area contributed by atoms with Gasteiger partial charge in [0.25, 0.3) is 0 Å². The third-order valence-corrected chi connectivity index (χ3v) is 20.3. The van der Waals surface area contributed by atoms with Crippen molar-refractivity contribution < 1.29 is 44.3 Å². The lowest BCUT2D eigenvalue weighted by molar-refractivity contribution is -0.0191. The van der Waals surface area contributed by atoms with Gasteiger partial charge < -0.3 is 44.3 Å². The average Bonchev–Trinajstić information content (AvgIpc) is 2.78. The van der Waals surface area contributed by atoms with Crippen LogP contribution in [0.4, 0.5) is 0 Å². The van der Waals surface area contributed by atoms with Crippen LogP contribution >= 0.6 is 0 Å². The SMILES string of the molecule is CCO[Si](OCC)(OCC)C(CO[SiH3])([Si](OCC)(OCC)OCC)[Si](OCC)(OCC)OCC. The largest absolute Gasteiger partial charge is 0.519 e. The average molecular weight is 563 g/mol. The Balaban J connectivity index is 8.04. The Labute approximate surface area is 213 Å². The summed E-state index contributed by atoms with van der Waals surface area (Å²) in [4.78, 5) is 0. The minimum Gasteiger partial charge on any atom is -0.427 e. The minimum atomic E-state index is -3.82. The van der Waals surface area contributed by atoms with Gasteiger partial charge in [-0.2, -0.15) is 0 Å². The Kier molecular flexibility index (Phi) is 18.1. The van der Waals surface area contributed by atoms with Gasteiger partial charge in [-0.25, -0.2) is 0 Å². The molecule has 0 fully saturated rings. The van der Waals surface area contributed by atoms with E-state index in [-0.39, 0.29) is 6.61 Å². The van der Waals surface area contributed by atoms with E-state index in [0.29, 0.717) is 69.9 Å². The van der Waals surface area contributed by atoms with Crippen molar-refractivity contribution in [1.29, 1.82) is 0 Å². The van der Waals surface area contributed by atoms with Crippen molar-refractivity contribution >= 4 is 36.9 Å². The molecule has 0 spiro atoms. The molecule has 0 aliphatic rings. The van der Waals surface area contributed by atoms with Crippen LogP contribution in [0, 0.1) is 0 Å². The molecular weight excluding hydrogens is 513 g/mol. The molecule has 0 N–H and O–H groups in total. The molecular formula is C20H50O10Si4. The molecule has 206 valence electrons. The van der Waals surface area contributed by atoms with E-state index in [0.717, 1.165) is 0 Å². The zero-order valence-corrected chi connectivity index (χ0v) is 28.2. The van der Waals surface area contributed by atoms with Gasteiger partial charge in [0.2, 0.25) is 4.28 Å². The monoisotopic (exact) mass is 562 g/mol. The molecule has 0 unspecified atom stereocenters. The van der Waals surface area contributed by atoms with E-state index in [1.165, 1.54) is 0 Å². The summed E-state index contributed by atoms with van der Waals surface area (Å²) in [6, 6.07) is 0. The summed E-state index contributed by atoms with van der Waals surface area (Å²) in [5.41, 5.74) is 0. The van der Waals surface area contributed by atoms with Crippen molar-refractivity contribution in [3.63, 3.8) is 0 Å². The van der Waals surface area contributed by atoms with E-state index in [1.54, 1.807) is 0 Å². The van der Waals surface area contributed by atoms with Crippen molar-refractivity contribution in [3.05, 3.63) is 0 Å². The van der Waals surface area contributed by atoms with Gasteiger partial charge >= 0.3 is 26.4 Å². The Bertz CT molecular complexity index is 402. The smallest absolute Gasteiger partial charge is 0.427 e. The highest BCUT2D eigenvalue weighted by atomic mass is 28.5. The zero-order chi connectivity index (χ0) is 26.1. The van der Waals surface area contributed by atoms with E-state index in [9.17, 15) is 0 Å². The van der Waals surface area contributed by atoms with Crippen LogP contribution in [0.2, 0.25) is 4.28 Å². The van der Waals surface area contributed by atoms with E-state index >= 15 is 0 Å². The molecule has 34 heavy (non-hydrogen) atoms. The summed E-state index contributed by atoms with van der Waals surface area (Å²) in [6.07, 6.45) is 0. The Hall–Kier alpha value is 0.468. The first-order valence-electron chi connectivity index (χ1n) is 12.6. The van der Waals surface area contributed by atoms with Crippen molar-refractivity contribution in [2.45, 2.75) is 66.6 Å². The summed E-state index contributed by atoms with van der Waals surface area (Å²) >= 11 is 0. The van der Waals surface area contributed by atoms with Crippen molar-refractivity contribution in [1.82, 2.24) is 0 Å². The summed E-state index contributed by atoms with van der Waals surface area (Å²) in [7, 11) is -11.0.